The van der Waals surface area contributed by atoms with Gasteiger partial charge in [0.05, 0.1) is 23.3 Å². The summed E-state index contributed by atoms with van der Waals surface area (Å²) in [6.45, 7) is -0.0572. The number of carbonyl (C=O) groups excluding carboxylic acids is 3. The van der Waals surface area contributed by atoms with Crippen LogP contribution in [0.25, 0.3) is 0 Å². The van der Waals surface area contributed by atoms with Crippen LogP contribution >= 0.6 is 11.6 Å². The molecule has 0 spiro atoms. The largest absolute Gasteiger partial charge is 0.273 e. The van der Waals surface area contributed by atoms with Gasteiger partial charge in [-0.2, -0.15) is 5.01 Å². The van der Waals surface area contributed by atoms with Crippen molar-refractivity contribution in [3.8, 4) is 0 Å². The Morgan fingerprint density at radius 3 is 2.28 bits per heavy atom. The summed E-state index contributed by atoms with van der Waals surface area (Å²) in [4.78, 5) is 50.7. The van der Waals surface area contributed by atoms with Gasteiger partial charge in [0, 0.05) is 22.7 Å². The fourth-order valence-corrected chi connectivity index (χ4v) is 5.15. The zero-order valence-electron chi connectivity index (χ0n) is 16.8. The van der Waals surface area contributed by atoms with E-state index in [0.29, 0.717) is 10.6 Å². The van der Waals surface area contributed by atoms with Crippen LogP contribution in [0.2, 0.25) is 5.02 Å². The zero-order valence-corrected chi connectivity index (χ0v) is 17.5. The number of imide groups is 1. The van der Waals surface area contributed by atoms with Gasteiger partial charge < -0.3 is 0 Å². The molecule has 2 fully saturated rings. The third kappa shape index (κ3) is 3.18. The van der Waals surface area contributed by atoms with Gasteiger partial charge >= 0.3 is 0 Å². The van der Waals surface area contributed by atoms with Gasteiger partial charge in [0.25, 0.3) is 23.4 Å². The van der Waals surface area contributed by atoms with E-state index in [1.54, 1.807) is 24.3 Å². The predicted molar refractivity (Wildman–Crippen MR) is 114 cm³/mol. The molecule has 1 heterocycles. The van der Waals surface area contributed by atoms with Gasteiger partial charge in [0.2, 0.25) is 0 Å². The van der Waals surface area contributed by atoms with Crippen LogP contribution in [-0.4, -0.2) is 32.7 Å². The summed E-state index contributed by atoms with van der Waals surface area (Å²) in [6, 6.07) is 12.0. The lowest BCUT2D eigenvalue weighted by atomic mass is 9.85. The van der Waals surface area contributed by atoms with E-state index in [1.165, 1.54) is 18.2 Å². The fourth-order valence-electron chi connectivity index (χ4n) is 5.02. The van der Waals surface area contributed by atoms with Crippen molar-refractivity contribution in [3.05, 3.63) is 86.9 Å². The molecular weight excluding hydrogens is 434 g/mol. The Morgan fingerprint density at radius 2 is 1.69 bits per heavy atom. The molecule has 162 valence electrons. The van der Waals surface area contributed by atoms with Crippen molar-refractivity contribution in [2.24, 2.45) is 23.7 Å². The molecule has 8 nitrogen and oxygen atoms in total. The van der Waals surface area contributed by atoms with Gasteiger partial charge in [-0.1, -0.05) is 42.0 Å². The molecule has 1 aliphatic heterocycles. The summed E-state index contributed by atoms with van der Waals surface area (Å²) in [6.07, 6.45) is 4.73. The second-order valence-corrected chi connectivity index (χ2v) is 8.72. The van der Waals surface area contributed by atoms with Gasteiger partial charge in [-0.25, -0.2) is 5.01 Å². The molecule has 0 radical (unpaired) electrons. The summed E-state index contributed by atoms with van der Waals surface area (Å²) in [5.74, 6) is -2.40. The molecule has 1 saturated carbocycles. The van der Waals surface area contributed by atoms with E-state index in [9.17, 15) is 24.5 Å². The molecule has 9 heteroatoms. The minimum absolute atomic E-state index is 0.00301. The lowest BCUT2D eigenvalue weighted by Crippen LogP contribution is -2.50. The number of nitro benzene ring substituents is 1. The number of rotatable bonds is 5. The van der Waals surface area contributed by atoms with Crippen LogP contribution < -0.4 is 0 Å². The number of hydrazine groups is 1. The molecule has 2 aromatic rings. The number of benzene rings is 2. The van der Waals surface area contributed by atoms with Crippen LogP contribution in [0.3, 0.4) is 0 Å². The molecule has 3 amide bonds. The third-order valence-corrected chi connectivity index (χ3v) is 6.72. The topological polar surface area (TPSA) is 101 Å². The highest BCUT2D eigenvalue weighted by Crippen LogP contribution is 2.52. The van der Waals surface area contributed by atoms with Gasteiger partial charge in [-0.05, 0) is 42.0 Å². The number of hydrogen-bond donors (Lipinski definition) is 0. The summed E-state index contributed by atoms with van der Waals surface area (Å²) < 4.78 is 0. The molecule has 5 rings (SSSR count). The van der Waals surface area contributed by atoms with Crippen LogP contribution in [0.4, 0.5) is 5.69 Å². The summed E-state index contributed by atoms with van der Waals surface area (Å²) in [7, 11) is 0. The number of amides is 3. The molecule has 32 heavy (non-hydrogen) atoms. The lowest BCUT2D eigenvalue weighted by molar-refractivity contribution is -0.384. The second-order valence-electron chi connectivity index (χ2n) is 8.28. The minimum atomic E-state index is -0.661. The van der Waals surface area contributed by atoms with Gasteiger partial charge in [0.15, 0.2) is 0 Å². The quantitative estimate of drug-likeness (QED) is 0.299. The summed E-state index contributed by atoms with van der Waals surface area (Å²) in [5, 5.41) is 13.8. The predicted octanol–water partition coefficient (Wildman–Crippen LogP) is 3.61. The number of nitro groups is 1. The molecule has 4 atom stereocenters. The Morgan fingerprint density at radius 1 is 1.06 bits per heavy atom. The summed E-state index contributed by atoms with van der Waals surface area (Å²) in [5.41, 5.74) is 0.430. The average Bonchev–Trinajstić information content (AvgIpc) is 3.47. The lowest BCUT2D eigenvalue weighted by Gasteiger charge is -2.31. The first kappa shape index (κ1) is 20.4. The molecule has 0 N–H and O–H groups in total. The number of fused-ring (bicyclic) bond motifs is 5. The van der Waals surface area contributed by atoms with Crippen LogP contribution in [0.1, 0.15) is 22.3 Å². The van der Waals surface area contributed by atoms with Crippen LogP contribution in [0.5, 0.6) is 0 Å². The Balaban J connectivity index is 1.53. The number of hydrogen-bond acceptors (Lipinski definition) is 5. The molecule has 0 unspecified atom stereocenters. The van der Waals surface area contributed by atoms with Crippen LogP contribution in [0.15, 0.2) is 60.7 Å². The first-order chi connectivity index (χ1) is 15.3. The number of halogens is 1. The van der Waals surface area contributed by atoms with E-state index in [1.807, 2.05) is 12.2 Å². The van der Waals surface area contributed by atoms with Crippen LogP contribution in [0, 0.1) is 33.8 Å². The van der Waals surface area contributed by atoms with E-state index in [2.05, 4.69) is 0 Å². The first-order valence-electron chi connectivity index (χ1n) is 10.2. The highest BCUT2D eigenvalue weighted by atomic mass is 35.5. The SMILES string of the molecule is O=C(c1cccc([N+](=O)[O-])c1)N(Cc1ccc(Cl)cc1)N1C(=O)[C@H]2[C@H](C1=O)[C@H]1C=C[C@H]2C1. The van der Waals surface area contributed by atoms with Crippen molar-refractivity contribution in [2.45, 2.75) is 13.0 Å². The Kier molecular flexibility index (Phi) is 4.82. The fraction of sp³-hybridized carbons (Fsp3) is 0.261. The number of carbonyl (C=O) groups is 3. The Labute approximate surface area is 188 Å². The van der Waals surface area contributed by atoms with Crippen molar-refractivity contribution in [2.75, 3.05) is 0 Å². The van der Waals surface area contributed by atoms with Crippen molar-refractivity contribution >= 4 is 35.0 Å². The normalized spacial score (nSPS) is 25.3. The Hall–Kier alpha value is -3.52. The standard InChI is InChI=1S/C23H18ClN3O5/c24-17-8-4-13(5-9-17)12-25(21(28)16-2-1-3-18(11-16)27(31)32)26-22(29)19-14-6-7-15(10-14)20(19)23(26)30/h1-9,11,14-15,19-20H,10,12H2/t14-,15-,19+,20+/m0/s1. The van der Waals surface area contributed by atoms with E-state index < -0.39 is 34.5 Å². The maximum absolute atomic E-state index is 13.5. The highest BCUT2D eigenvalue weighted by molar-refractivity contribution is 6.30. The molecular formula is C23H18ClN3O5. The van der Waals surface area contributed by atoms with Crippen molar-refractivity contribution in [1.82, 2.24) is 10.0 Å². The first-order valence-corrected chi connectivity index (χ1v) is 10.6. The molecule has 2 bridgehead atoms. The van der Waals surface area contributed by atoms with Crippen molar-refractivity contribution in [1.29, 1.82) is 0 Å². The molecule has 3 aliphatic rings. The highest BCUT2D eigenvalue weighted by Gasteiger charge is 2.61. The molecule has 2 aliphatic carbocycles. The summed E-state index contributed by atoms with van der Waals surface area (Å²) >= 11 is 5.96. The molecule has 2 aromatic carbocycles. The maximum atomic E-state index is 13.5. The van der Waals surface area contributed by atoms with E-state index in [0.717, 1.165) is 22.5 Å². The molecule has 1 saturated heterocycles. The van der Waals surface area contributed by atoms with Gasteiger partial charge in [-0.15, -0.1) is 0 Å². The second kappa shape index (κ2) is 7.56. The van der Waals surface area contributed by atoms with Gasteiger partial charge in [0.1, 0.15) is 0 Å². The van der Waals surface area contributed by atoms with Crippen LogP contribution in [-0.2, 0) is 16.1 Å². The van der Waals surface area contributed by atoms with Gasteiger partial charge in [-0.3, -0.25) is 24.5 Å². The van der Waals surface area contributed by atoms with Crippen molar-refractivity contribution < 1.29 is 19.3 Å². The number of non-ortho nitro benzene ring substituents is 1. The Bertz CT molecular complexity index is 1150. The number of allylic oxidation sites excluding steroid dienone is 2. The minimum Gasteiger partial charge on any atom is -0.272 e. The monoisotopic (exact) mass is 451 g/mol. The zero-order chi connectivity index (χ0) is 22.6. The third-order valence-electron chi connectivity index (χ3n) is 6.47. The van der Waals surface area contributed by atoms with E-state index in [-0.39, 0.29) is 29.6 Å². The number of nitrogens with zero attached hydrogens (tertiary/aromatic N) is 3. The van der Waals surface area contributed by atoms with Crippen molar-refractivity contribution in [3.63, 3.8) is 0 Å². The van der Waals surface area contributed by atoms with E-state index >= 15 is 0 Å². The van der Waals surface area contributed by atoms with E-state index in [4.69, 9.17) is 11.6 Å². The smallest absolute Gasteiger partial charge is 0.272 e. The average molecular weight is 452 g/mol. The maximum Gasteiger partial charge on any atom is 0.273 e. The molecule has 0 aromatic heterocycles.